The van der Waals surface area contributed by atoms with E-state index in [2.05, 4.69) is 31.8 Å². The summed E-state index contributed by atoms with van der Waals surface area (Å²) in [6.07, 6.45) is 3.68. The molecule has 0 unspecified atom stereocenters. The number of anilines is 1. The monoisotopic (exact) mass is 238 g/mol. The van der Waals surface area contributed by atoms with Gasteiger partial charge in [-0.05, 0) is 6.42 Å². The molecule has 0 aliphatic heterocycles. The third-order valence-corrected chi connectivity index (χ3v) is 2.86. The van der Waals surface area contributed by atoms with Gasteiger partial charge >= 0.3 is 0 Å². The van der Waals surface area contributed by atoms with E-state index >= 15 is 0 Å². The van der Waals surface area contributed by atoms with E-state index in [-0.39, 0.29) is 0 Å². The van der Waals surface area contributed by atoms with Gasteiger partial charge in [-0.25, -0.2) is 4.98 Å². The molecule has 0 aliphatic rings. The highest BCUT2D eigenvalue weighted by molar-refractivity contribution is 7.09. The smallest absolute Gasteiger partial charge is 0.202 e. The van der Waals surface area contributed by atoms with Crippen molar-refractivity contribution in [1.82, 2.24) is 24.1 Å². The molecule has 6 nitrogen and oxygen atoms in total. The van der Waals surface area contributed by atoms with Crippen molar-refractivity contribution in [2.24, 2.45) is 7.05 Å². The van der Waals surface area contributed by atoms with Gasteiger partial charge < -0.3 is 9.88 Å². The first-order chi connectivity index (χ1) is 7.79. The highest BCUT2D eigenvalue weighted by Gasteiger charge is 2.04. The van der Waals surface area contributed by atoms with Crippen LogP contribution >= 0.6 is 11.5 Å². The van der Waals surface area contributed by atoms with Gasteiger partial charge in [0.05, 0.1) is 6.54 Å². The van der Waals surface area contributed by atoms with Crippen LogP contribution in [0.4, 0.5) is 5.13 Å². The lowest BCUT2D eigenvalue weighted by atomic mass is 10.3. The molecule has 2 aromatic heterocycles. The van der Waals surface area contributed by atoms with Crippen LogP contribution in [0.5, 0.6) is 0 Å². The minimum absolute atomic E-state index is 0.622. The van der Waals surface area contributed by atoms with Crippen LogP contribution in [0, 0.1) is 0 Å². The topological polar surface area (TPSA) is 68.5 Å². The summed E-state index contributed by atoms with van der Waals surface area (Å²) in [7, 11) is 1.92. The standard InChI is InChI=1S/C9H14N6S/c1-3-4-7-12-9(16-14-7)10-5-8-13-11-6-15(8)2/h6H,3-5H2,1-2H3,(H,10,12,14). The van der Waals surface area contributed by atoms with E-state index in [4.69, 9.17) is 0 Å². The number of nitrogens with zero attached hydrogens (tertiary/aromatic N) is 5. The van der Waals surface area contributed by atoms with E-state index in [1.807, 2.05) is 11.6 Å². The number of rotatable bonds is 5. The van der Waals surface area contributed by atoms with Crippen molar-refractivity contribution in [2.45, 2.75) is 26.3 Å². The van der Waals surface area contributed by atoms with Crippen molar-refractivity contribution in [3.63, 3.8) is 0 Å². The summed E-state index contributed by atoms with van der Waals surface area (Å²) >= 11 is 1.39. The van der Waals surface area contributed by atoms with Crippen molar-refractivity contribution < 1.29 is 0 Å². The minimum Gasteiger partial charge on any atom is -0.353 e. The van der Waals surface area contributed by atoms with Gasteiger partial charge in [-0.1, -0.05) is 6.92 Å². The normalized spacial score (nSPS) is 10.6. The van der Waals surface area contributed by atoms with Gasteiger partial charge in [0.1, 0.15) is 12.2 Å². The summed E-state index contributed by atoms with van der Waals surface area (Å²) in [5.41, 5.74) is 0. The van der Waals surface area contributed by atoms with Gasteiger partial charge in [-0.2, -0.15) is 4.37 Å². The molecule has 0 atom stereocenters. The maximum Gasteiger partial charge on any atom is 0.202 e. The number of aryl methyl sites for hydroxylation is 2. The first-order valence-corrected chi connectivity index (χ1v) is 5.96. The molecular weight excluding hydrogens is 224 g/mol. The zero-order valence-electron chi connectivity index (χ0n) is 9.34. The molecule has 0 amide bonds. The SMILES string of the molecule is CCCc1nsc(NCc2nncn2C)n1. The third kappa shape index (κ3) is 2.54. The number of nitrogens with one attached hydrogen (secondary N) is 1. The maximum absolute atomic E-state index is 4.37. The van der Waals surface area contributed by atoms with Crippen LogP contribution in [0.3, 0.4) is 0 Å². The second-order valence-electron chi connectivity index (χ2n) is 3.48. The predicted octanol–water partition coefficient (Wildman–Crippen LogP) is 1.23. The summed E-state index contributed by atoms with van der Waals surface area (Å²) in [5.74, 6) is 1.79. The minimum atomic E-state index is 0.622. The van der Waals surface area contributed by atoms with Crippen LogP contribution < -0.4 is 5.32 Å². The fourth-order valence-corrected chi connectivity index (χ4v) is 1.88. The fraction of sp³-hybridized carbons (Fsp3) is 0.556. The average molecular weight is 238 g/mol. The van der Waals surface area contributed by atoms with E-state index in [1.165, 1.54) is 11.5 Å². The van der Waals surface area contributed by atoms with Crippen LogP contribution in [-0.2, 0) is 20.0 Å². The summed E-state index contributed by atoms with van der Waals surface area (Å²) in [4.78, 5) is 4.37. The van der Waals surface area contributed by atoms with Crippen molar-refractivity contribution in [1.29, 1.82) is 0 Å². The molecule has 0 spiro atoms. The Hall–Kier alpha value is -1.50. The zero-order valence-corrected chi connectivity index (χ0v) is 10.2. The summed E-state index contributed by atoms with van der Waals surface area (Å²) in [6.45, 7) is 2.74. The Balaban J connectivity index is 1.92. The Bertz CT molecular complexity index is 448. The summed E-state index contributed by atoms with van der Waals surface area (Å²) < 4.78 is 6.13. The van der Waals surface area contributed by atoms with E-state index in [0.29, 0.717) is 6.54 Å². The molecule has 2 heterocycles. The number of hydrogen-bond acceptors (Lipinski definition) is 6. The second-order valence-corrected chi connectivity index (χ2v) is 4.23. The Labute approximate surface area is 97.9 Å². The van der Waals surface area contributed by atoms with Gasteiger partial charge in [-0.3, -0.25) is 0 Å². The number of hydrogen-bond donors (Lipinski definition) is 1. The molecule has 7 heteroatoms. The zero-order chi connectivity index (χ0) is 11.4. The van der Waals surface area contributed by atoms with Gasteiger partial charge in [0.25, 0.3) is 0 Å². The average Bonchev–Trinajstić information content (AvgIpc) is 2.86. The van der Waals surface area contributed by atoms with Crippen LogP contribution in [0.2, 0.25) is 0 Å². The molecule has 0 bridgehead atoms. The summed E-state index contributed by atoms with van der Waals surface area (Å²) in [6, 6.07) is 0. The van der Waals surface area contributed by atoms with Gasteiger partial charge in [-0.15, -0.1) is 10.2 Å². The highest BCUT2D eigenvalue weighted by atomic mass is 32.1. The Morgan fingerprint density at radius 1 is 1.50 bits per heavy atom. The molecular formula is C9H14N6S. The molecule has 0 radical (unpaired) electrons. The van der Waals surface area contributed by atoms with E-state index in [0.717, 1.165) is 29.6 Å². The number of aromatic nitrogens is 5. The molecule has 0 saturated carbocycles. The molecule has 0 fully saturated rings. The van der Waals surface area contributed by atoms with E-state index < -0.39 is 0 Å². The largest absolute Gasteiger partial charge is 0.353 e. The lowest BCUT2D eigenvalue weighted by Crippen LogP contribution is -2.05. The predicted molar refractivity (Wildman–Crippen MR) is 62.2 cm³/mol. The van der Waals surface area contributed by atoms with Gasteiger partial charge in [0.2, 0.25) is 5.13 Å². The Kier molecular flexibility index (Phi) is 3.45. The van der Waals surface area contributed by atoms with Crippen LogP contribution in [0.15, 0.2) is 6.33 Å². The molecule has 86 valence electrons. The molecule has 2 rings (SSSR count). The lowest BCUT2D eigenvalue weighted by molar-refractivity contribution is 0.809. The Morgan fingerprint density at radius 2 is 2.38 bits per heavy atom. The van der Waals surface area contributed by atoms with Crippen LogP contribution in [-0.4, -0.2) is 24.1 Å². The molecule has 16 heavy (non-hydrogen) atoms. The van der Waals surface area contributed by atoms with Gasteiger partial charge in [0.15, 0.2) is 5.82 Å². The Morgan fingerprint density at radius 3 is 3.06 bits per heavy atom. The first-order valence-electron chi connectivity index (χ1n) is 5.19. The molecule has 0 aromatic carbocycles. The first kappa shape index (κ1) is 11.0. The molecule has 2 aromatic rings. The molecule has 1 N–H and O–H groups in total. The van der Waals surface area contributed by atoms with Crippen molar-refractivity contribution in [3.05, 3.63) is 18.0 Å². The van der Waals surface area contributed by atoms with Gasteiger partial charge in [0, 0.05) is 25.0 Å². The molecule has 0 aliphatic carbocycles. The van der Waals surface area contributed by atoms with E-state index in [1.54, 1.807) is 6.33 Å². The second kappa shape index (κ2) is 5.02. The third-order valence-electron chi connectivity index (χ3n) is 2.14. The van der Waals surface area contributed by atoms with Crippen LogP contribution in [0.25, 0.3) is 0 Å². The van der Waals surface area contributed by atoms with Crippen LogP contribution in [0.1, 0.15) is 25.0 Å². The van der Waals surface area contributed by atoms with Crippen molar-refractivity contribution >= 4 is 16.7 Å². The molecule has 0 saturated heterocycles. The maximum atomic E-state index is 4.37. The highest BCUT2D eigenvalue weighted by Crippen LogP contribution is 2.12. The fourth-order valence-electron chi connectivity index (χ4n) is 1.27. The summed E-state index contributed by atoms with van der Waals surface area (Å²) in [5, 5.41) is 11.8. The lowest BCUT2D eigenvalue weighted by Gasteiger charge is -2.00. The van der Waals surface area contributed by atoms with E-state index in [9.17, 15) is 0 Å². The van der Waals surface area contributed by atoms with Crippen molar-refractivity contribution in [3.8, 4) is 0 Å². The quantitative estimate of drug-likeness (QED) is 0.848. The van der Waals surface area contributed by atoms with Crippen molar-refractivity contribution in [2.75, 3.05) is 5.32 Å².